The van der Waals surface area contributed by atoms with E-state index >= 15 is 0 Å². The Labute approximate surface area is 567 Å². The average molecular weight is 1540 g/mol. The van der Waals surface area contributed by atoms with E-state index < -0.39 is 218 Å². The number of fused-ring (bicyclic) bond motifs is 2. The number of aliphatic hydroxyl groups excluding tert-OH is 1. The predicted molar refractivity (Wildman–Crippen MR) is 334 cm³/mol. The van der Waals surface area contributed by atoms with Gasteiger partial charge in [-0.15, -0.1) is 9.42 Å². The highest BCUT2D eigenvalue weighted by atomic mass is 31.2. The molecule has 0 spiro atoms. The molecule has 0 amide bonds. The maximum Gasteiger partial charge on any atom is 0.694 e. The number of aliphatic hydroxyl groups is 1. The molecule has 7 aromatic heterocycles. The van der Waals surface area contributed by atoms with E-state index in [4.69, 9.17) is 81.6 Å². The number of nitrogens with zero attached hydrogens (tertiary/aromatic N) is 11. The van der Waals surface area contributed by atoms with Crippen molar-refractivity contribution in [1.29, 1.82) is 0 Å². The molecule has 5 fully saturated rings. The smallest absolute Gasteiger partial charge is 0.390 e. The lowest BCUT2D eigenvalue weighted by atomic mass is 10.2. The van der Waals surface area contributed by atoms with Crippen molar-refractivity contribution in [2.75, 3.05) is 50.2 Å². The number of hydrogen-bond acceptors (Lipinski definition) is 35. The summed E-state index contributed by atoms with van der Waals surface area (Å²) in [5.74, 6) is -0.552. The molecule has 5 saturated heterocycles. The largest absolute Gasteiger partial charge is 0.694 e. The highest BCUT2D eigenvalue weighted by Crippen LogP contribution is 2.55. The molecule has 102 heavy (non-hydrogen) atoms. The molecule has 0 radical (unpaired) electrons. The van der Waals surface area contributed by atoms with Gasteiger partial charge < -0.3 is 65.6 Å². The van der Waals surface area contributed by atoms with Crippen LogP contribution >= 0.6 is 39.5 Å². The lowest BCUT2D eigenvalue weighted by Gasteiger charge is -2.25. The maximum atomic E-state index is 14.3. The molecule has 48 nitrogen and oxygen atoms in total. The Morgan fingerprint density at radius 3 is 1.41 bits per heavy atom. The minimum Gasteiger partial charge on any atom is -0.390 e. The van der Waals surface area contributed by atoms with Gasteiger partial charge in [-0.2, -0.15) is 9.97 Å². The van der Waals surface area contributed by atoms with E-state index in [2.05, 4.69) is 44.9 Å². The van der Waals surface area contributed by atoms with Gasteiger partial charge >= 0.3 is 56.6 Å². The fraction of sp³-hybridized carbons (Fsp3) is 0.551. The van der Waals surface area contributed by atoms with Gasteiger partial charge in [0.05, 0.1) is 45.2 Å². The number of nitrogens with two attached hydrogens (primary N) is 3. The van der Waals surface area contributed by atoms with Gasteiger partial charge in [0.1, 0.15) is 110 Å². The van der Waals surface area contributed by atoms with Crippen LogP contribution in [-0.2, 0) is 87.2 Å². The van der Waals surface area contributed by atoms with E-state index in [1.54, 1.807) is 0 Å². The average Bonchev–Trinajstić information content (AvgIpc) is 1.64. The van der Waals surface area contributed by atoms with E-state index in [1.165, 1.54) is 41.6 Å². The third-order valence-corrected chi connectivity index (χ3v) is 20.9. The summed E-state index contributed by atoms with van der Waals surface area (Å²) in [5.41, 5.74) is 12.4. The first-order chi connectivity index (χ1) is 48.1. The number of imidazole rings is 2. The summed E-state index contributed by atoms with van der Waals surface area (Å²) >= 11 is 0. The van der Waals surface area contributed by atoms with Crippen LogP contribution in [0.25, 0.3) is 22.3 Å². The van der Waals surface area contributed by atoms with Crippen LogP contribution in [0.3, 0.4) is 0 Å². The van der Waals surface area contributed by atoms with Crippen molar-refractivity contribution < 1.29 is 117 Å². The molecule has 53 heteroatoms. The zero-order valence-corrected chi connectivity index (χ0v) is 57.0. The Bertz CT molecular complexity index is 4910. The van der Waals surface area contributed by atoms with Crippen LogP contribution in [-0.4, -0.2) is 191 Å². The third kappa shape index (κ3) is 16.9. The number of ether oxygens (including phenoxy) is 5. The van der Waals surface area contributed by atoms with Crippen LogP contribution in [0.4, 0.5) is 17.6 Å². The SMILES string of the molecule is Cc1cn([C@H]2C[C@H](OP(=O)(O)OC[C@H]3O[C@@H](n4ccc(N)nc4=O)C[C@@H]3OP(=O)(O)OC[C@H]3O[C@@H](n4cc(C)c(=O)[nH]c4=O)C[C@@H]3O)[C@@H](COP(=O)(O)O[C@H]3C[C@H](n4cnc5c(=O)[nH]c(N)nc54)O[C@@H]3COP(=O)(O)O[C@H]3C[C@H](n4cnc5c(N)ncnc54)O[C@@H]3CO[P+](=O)O)O2)c(=O)[nH]c1=O. The molecule has 5 aliphatic heterocycles. The van der Waals surface area contributed by atoms with E-state index in [0.29, 0.717) is 0 Å². The molecular weight excluding hydrogens is 1480 g/mol. The molecule has 12 rings (SSSR count). The highest BCUT2D eigenvalue weighted by molar-refractivity contribution is 7.48. The summed E-state index contributed by atoms with van der Waals surface area (Å²) in [6, 6.07) is 1.21. The quantitative estimate of drug-likeness (QED) is 0.0240. The lowest BCUT2D eigenvalue weighted by molar-refractivity contribution is -0.0644. The molecule has 0 bridgehead atoms. The fourth-order valence-electron chi connectivity index (χ4n) is 11.7. The second kappa shape index (κ2) is 29.7. The first-order valence-corrected chi connectivity index (χ1v) is 37.3. The van der Waals surface area contributed by atoms with Gasteiger partial charge in [0.15, 0.2) is 22.6 Å². The number of anilines is 3. The van der Waals surface area contributed by atoms with Crippen molar-refractivity contribution >= 4 is 79.5 Å². The zero-order valence-electron chi connectivity index (χ0n) is 52.5. The Kier molecular flexibility index (Phi) is 21.7. The molecule has 7 aromatic rings. The number of aromatic amines is 3. The van der Waals surface area contributed by atoms with Gasteiger partial charge in [0.25, 0.3) is 16.7 Å². The minimum absolute atomic E-state index is 0.0118. The maximum absolute atomic E-state index is 14.3. The number of aryl methyl sites for hydroxylation is 2. The third-order valence-electron chi connectivity index (χ3n) is 16.5. The molecule has 0 aliphatic carbocycles. The number of aromatic nitrogens is 14. The fourth-order valence-corrected chi connectivity index (χ4v) is 15.8. The molecule has 5 unspecified atom stereocenters. The van der Waals surface area contributed by atoms with Gasteiger partial charge in [0, 0.05) is 66.4 Å². The number of nitrogens with one attached hydrogen (secondary N) is 3. The minimum atomic E-state index is -5.57. The van der Waals surface area contributed by atoms with Crippen molar-refractivity contribution in [2.45, 2.75) is 138 Å². The molecule has 15 N–H and O–H groups in total. The first-order valence-electron chi connectivity index (χ1n) is 30.2. The predicted octanol–water partition coefficient (Wildman–Crippen LogP) is -1.85. The standard InChI is InChI=1S/C49H62N17O31P5/c1-20-10-63(48(72)60-43(20)68)33-5-22(67)27(89-33)13-85-99(76,77)95-24-6-34(62-4-3-32(50)57-47(62)71)91-29(24)14-86-101(80,81)96-25-7-35(64-11-21(2)44(69)61-49(64)73)92-30(25)15-87-102(82,83)97-26-9-37(66-19-56-39-42(66)58-46(52)59-45(39)70)93-31(26)16-88-100(78,79)94-23-8-36(90-28(23)12-84-98(74)75)65-18-55-38-40(51)53-17-54-41(38)65/h3-4,10-11,17-19,22-31,33-37,67H,5-9,12-16H2,1-2H3,(H13-,50,51,52,53,54,57,58,59,60,61,68,69,70,71,72,73,74,75,76,77,78,79,80,81,82,83)/p+1/t22-,23-,24-,25-,26-,27+,28+,29+,30+,31+,33+,34+,35+,36+,37+/m0/s1. The number of phosphoric ester groups is 4. The number of phosphoric acid groups is 4. The van der Waals surface area contributed by atoms with Crippen LogP contribution in [0.15, 0.2) is 72.4 Å². The second-order valence-electron chi connectivity index (χ2n) is 23.4. The van der Waals surface area contributed by atoms with E-state index in [0.717, 1.165) is 38.7 Å². The summed E-state index contributed by atoms with van der Waals surface area (Å²) in [6.07, 6.45) is -17.5. The lowest BCUT2D eigenvalue weighted by Crippen LogP contribution is -2.33. The molecule has 554 valence electrons. The van der Waals surface area contributed by atoms with Crippen molar-refractivity contribution in [3.8, 4) is 0 Å². The molecule has 5 aliphatic rings. The van der Waals surface area contributed by atoms with E-state index in [-0.39, 0.29) is 63.9 Å². The highest BCUT2D eigenvalue weighted by Gasteiger charge is 2.50. The number of hydrogen-bond donors (Lipinski definition) is 12. The first kappa shape index (κ1) is 74.5. The van der Waals surface area contributed by atoms with Crippen LogP contribution < -0.4 is 50.9 Å². The summed E-state index contributed by atoms with van der Waals surface area (Å²) < 4.78 is 151. The van der Waals surface area contributed by atoms with Gasteiger partial charge in [-0.1, -0.05) is 0 Å². The van der Waals surface area contributed by atoms with Crippen LogP contribution in [0, 0.1) is 13.8 Å². The van der Waals surface area contributed by atoms with E-state index in [9.17, 15) is 81.2 Å². The molecule has 12 heterocycles. The van der Waals surface area contributed by atoms with Crippen LogP contribution in [0.2, 0.25) is 0 Å². The van der Waals surface area contributed by atoms with E-state index in [1.807, 2.05) is 0 Å². The summed E-state index contributed by atoms with van der Waals surface area (Å²) in [5, 5.41) is 10.8. The van der Waals surface area contributed by atoms with Crippen molar-refractivity contribution in [3.05, 3.63) is 117 Å². The van der Waals surface area contributed by atoms with Crippen molar-refractivity contribution in [3.63, 3.8) is 0 Å². The summed E-state index contributed by atoms with van der Waals surface area (Å²) in [4.78, 5) is 161. The number of rotatable bonds is 28. The van der Waals surface area contributed by atoms with Gasteiger partial charge in [0.2, 0.25) is 5.95 Å². The number of H-pyrrole nitrogens is 3. The Balaban J connectivity index is 0.742. The Morgan fingerprint density at radius 1 is 0.529 bits per heavy atom. The molecule has 20 atom stereocenters. The van der Waals surface area contributed by atoms with Crippen molar-refractivity contribution in [1.82, 2.24) is 67.7 Å². The summed E-state index contributed by atoms with van der Waals surface area (Å²) in [7, 11) is -25.0. The molecular formula is C49H63N17O31P5+. The normalized spacial score (nSPS) is 29.3. The molecule has 0 aromatic carbocycles. The Morgan fingerprint density at radius 2 is 0.941 bits per heavy atom. The Hall–Kier alpha value is -7.24. The molecule has 0 saturated carbocycles. The van der Waals surface area contributed by atoms with Gasteiger partial charge in [-0.3, -0.25) is 88.4 Å². The van der Waals surface area contributed by atoms with Crippen molar-refractivity contribution in [2.24, 2.45) is 0 Å². The van der Waals surface area contributed by atoms with Crippen LogP contribution in [0.5, 0.6) is 0 Å². The van der Waals surface area contributed by atoms with Gasteiger partial charge in [-0.25, -0.2) is 52.6 Å². The zero-order chi connectivity index (χ0) is 73.1. The number of nitrogen functional groups attached to an aromatic ring is 3. The van der Waals surface area contributed by atoms with Crippen LogP contribution in [0.1, 0.15) is 74.4 Å². The summed E-state index contributed by atoms with van der Waals surface area (Å²) in [6.45, 7) is -1.96. The second-order valence-corrected chi connectivity index (χ2v) is 29.8. The topological polar surface area (TPSA) is 666 Å². The van der Waals surface area contributed by atoms with Gasteiger partial charge in [-0.05, 0) is 19.9 Å². The monoisotopic (exact) mass is 1540 g/mol.